The Labute approximate surface area is 173 Å². The molecule has 0 aliphatic carbocycles. The minimum atomic E-state index is 1.22. The zero-order valence-electron chi connectivity index (χ0n) is 15.8. The molecule has 0 amide bonds. The molecule has 6 aromatic rings. The summed E-state index contributed by atoms with van der Waals surface area (Å²) < 4.78 is 1.35. The summed E-state index contributed by atoms with van der Waals surface area (Å²) in [4.78, 5) is 0. The van der Waals surface area contributed by atoms with E-state index in [4.69, 9.17) is 0 Å². The van der Waals surface area contributed by atoms with Crippen LogP contribution in [-0.4, -0.2) is 0 Å². The number of fused-ring (bicyclic) bond motifs is 6. The molecule has 1 heterocycles. The summed E-state index contributed by atoms with van der Waals surface area (Å²) in [5, 5.41) is 11.4. The van der Waals surface area contributed by atoms with Crippen molar-refractivity contribution in [3.8, 4) is 0 Å². The molecule has 0 aliphatic heterocycles. The van der Waals surface area contributed by atoms with Gasteiger partial charge in [-0.2, -0.15) is 0 Å². The number of benzene rings is 5. The molecule has 0 bridgehead atoms. The first kappa shape index (κ1) is 16.5. The van der Waals surface area contributed by atoms with Crippen LogP contribution in [0.2, 0.25) is 0 Å². The van der Waals surface area contributed by atoms with E-state index in [0.717, 1.165) is 0 Å². The number of thiophene rings is 1. The molecular formula is C28H18S. The third-order valence-corrected chi connectivity index (χ3v) is 6.58. The molecule has 0 saturated heterocycles. The molecule has 0 N–H and O–H groups in total. The van der Waals surface area contributed by atoms with Crippen molar-refractivity contribution in [2.45, 2.75) is 0 Å². The summed E-state index contributed by atoms with van der Waals surface area (Å²) in [6.45, 7) is 0. The topological polar surface area (TPSA) is 0 Å². The summed E-state index contributed by atoms with van der Waals surface area (Å²) >= 11 is 1.81. The lowest BCUT2D eigenvalue weighted by molar-refractivity contribution is 1.66. The first-order valence-corrected chi connectivity index (χ1v) is 10.7. The fraction of sp³-hybridized carbons (Fsp3) is 0. The molecule has 29 heavy (non-hydrogen) atoms. The van der Waals surface area contributed by atoms with Gasteiger partial charge in [0.25, 0.3) is 0 Å². The number of rotatable bonds is 2. The second-order valence-corrected chi connectivity index (χ2v) is 8.43. The van der Waals surface area contributed by atoms with Gasteiger partial charge < -0.3 is 0 Å². The Bertz CT molecular complexity index is 1530. The Morgan fingerprint density at radius 2 is 1.28 bits per heavy atom. The largest absolute Gasteiger partial charge is 0.144 e. The molecule has 0 nitrogen and oxygen atoms in total. The predicted molar refractivity (Wildman–Crippen MR) is 130 cm³/mol. The minimum Gasteiger partial charge on any atom is -0.144 e. The van der Waals surface area contributed by atoms with Crippen LogP contribution in [0.5, 0.6) is 0 Å². The summed E-state index contributed by atoms with van der Waals surface area (Å²) in [6, 6.07) is 33.1. The van der Waals surface area contributed by atoms with Gasteiger partial charge in [-0.15, -0.1) is 11.3 Å². The Balaban J connectivity index is 1.51. The zero-order valence-corrected chi connectivity index (χ0v) is 16.6. The second-order valence-electron chi connectivity index (χ2n) is 7.48. The highest BCUT2D eigenvalue weighted by molar-refractivity contribution is 7.17. The van der Waals surface area contributed by atoms with Crippen molar-refractivity contribution in [1.29, 1.82) is 0 Å². The lowest BCUT2D eigenvalue weighted by Crippen LogP contribution is -1.81. The molecule has 136 valence electrons. The van der Waals surface area contributed by atoms with Crippen molar-refractivity contribution in [3.63, 3.8) is 0 Å². The first-order chi connectivity index (χ1) is 14.3. The predicted octanol–water partition coefficient (Wildman–Crippen LogP) is 8.53. The van der Waals surface area contributed by atoms with Crippen molar-refractivity contribution in [1.82, 2.24) is 0 Å². The van der Waals surface area contributed by atoms with Crippen molar-refractivity contribution >= 4 is 65.9 Å². The quantitative estimate of drug-likeness (QED) is 0.159. The van der Waals surface area contributed by atoms with Crippen molar-refractivity contribution in [2.75, 3.05) is 0 Å². The highest BCUT2D eigenvalue weighted by atomic mass is 32.1. The van der Waals surface area contributed by atoms with Crippen LogP contribution in [0.4, 0.5) is 0 Å². The van der Waals surface area contributed by atoms with E-state index >= 15 is 0 Å². The van der Waals surface area contributed by atoms with Crippen LogP contribution >= 0.6 is 11.3 Å². The molecule has 0 fully saturated rings. The SMILES string of the molecule is C(=Cc1ccc2cc3c(ccc4c5ccsc5ccc34)cc2c1)c1ccccc1. The van der Waals surface area contributed by atoms with Gasteiger partial charge in [-0.1, -0.05) is 72.8 Å². The summed E-state index contributed by atoms with van der Waals surface area (Å²) in [5.74, 6) is 0. The highest BCUT2D eigenvalue weighted by Gasteiger charge is 2.07. The lowest BCUT2D eigenvalue weighted by Gasteiger charge is -2.08. The van der Waals surface area contributed by atoms with E-state index in [1.165, 1.54) is 53.5 Å². The van der Waals surface area contributed by atoms with Gasteiger partial charge in [-0.05, 0) is 79.2 Å². The van der Waals surface area contributed by atoms with Crippen LogP contribution in [0.15, 0.2) is 96.4 Å². The average molecular weight is 387 g/mol. The lowest BCUT2D eigenvalue weighted by atomic mass is 9.96. The Kier molecular flexibility index (Phi) is 3.75. The molecule has 0 unspecified atom stereocenters. The number of hydrogen-bond donors (Lipinski definition) is 0. The van der Waals surface area contributed by atoms with E-state index in [1.54, 1.807) is 0 Å². The maximum atomic E-state index is 2.34. The summed E-state index contributed by atoms with van der Waals surface area (Å²) in [5.41, 5.74) is 2.44. The fourth-order valence-electron chi connectivity index (χ4n) is 4.22. The highest BCUT2D eigenvalue weighted by Crippen LogP contribution is 2.35. The molecule has 0 atom stereocenters. The molecule has 0 aliphatic rings. The molecular weight excluding hydrogens is 368 g/mol. The molecule has 0 spiro atoms. The van der Waals surface area contributed by atoms with Crippen LogP contribution in [0, 0.1) is 0 Å². The third kappa shape index (κ3) is 2.83. The zero-order chi connectivity index (χ0) is 19.2. The van der Waals surface area contributed by atoms with Gasteiger partial charge >= 0.3 is 0 Å². The molecule has 6 rings (SSSR count). The fourth-order valence-corrected chi connectivity index (χ4v) is 5.02. The second kappa shape index (κ2) is 6.58. The monoisotopic (exact) mass is 386 g/mol. The minimum absolute atomic E-state index is 1.22. The van der Waals surface area contributed by atoms with Gasteiger partial charge in [0, 0.05) is 10.1 Å². The van der Waals surface area contributed by atoms with Gasteiger partial charge in [0.15, 0.2) is 0 Å². The van der Waals surface area contributed by atoms with E-state index in [0.29, 0.717) is 0 Å². The van der Waals surface area contributed by atoms with Gasteiger partial charge in [0.1, 0.15) is 0 Å². The Morgan fingerprint density at radius 1 is 0.483 bits per heavy atom. The Hall–Kier alpha value is -3.42. The standard InChI is InChI=1S/C28H18S/c1-2-4-19(5-3-1)6-7-20-8-9-21-18-27-22(17-23(21)16-20)10-11-24-25(27)12-13-28-26(24)14-15-29-28/h1-18H. The van der Waals surface area contributed by atoms with Gasteiger partial charge in [-0.25, -0.2) is 0 Å². The average Bonchev–Trinajstić information content (AvgIpc) is 3.26. The van der Waals surface area contributed by atoms with Crippen LogP contribution in [0.25, 0.3) is 54.6 Å². The van der Waals surface area contributed by atoms with E-state index < -0.39 is 0 Å². The van der Waals surface area contributed by atoms with E-state index in [9.17, 15) is 0 Å². The van der Waals surface area contributed by atoms with Crippen LogP contribution in [-0.2, 0) is 0 Å². The van der Waals surface area contributed by atoms with Crippen molar-refractivity contribution in [3.05, 3.63) is 108 Å². The molecule has 5 aromatic carbocycles. The van der Waals surface area contributed by atoms with E-state index in [2.05, 4.69) is 102 Å². The summed E-state index contributed by atoms with van der Waals surface area (Å²) in [7, 11) is 0. The van der Waals surface area contributed by atoms with Crippen LogP contribution < -0.4 is 0 Å². The van der Waals surface area contributed by atoms with E-state index in [1.807, 2.05) is 17.4 Å². The molecule has 0 saturated carbocycles. The molecule has 1 aromatic heterocycles. The van der Waals surface area contributed by atoms with Gasteiger partial charge in [-0.3, -0.25) is 0 Å². The van der Waals surface area contributed by atoms with Crippen molar-refractivity contribution < 1.29 is 0 Å². The first-order valence-electron chi connectivity index (χ1n) is 9.85. The van der Waals surface area contributed by atoms with Crippen molar-refractivity contribution in [2.24, 2.45) is 0 Å². The molecule has 0 radical (unpaired) electrons. The number of hydrogen-bond acceptors (Lipinski definition) is 1. The maximum Gasteiger partial charge on any atom is 0.0349 e. The Morgan fingerprint density at radius 3 is 2.21 bits per heavy atom. The normalized spacial score (nSPS) is 12.0. The third-order valence-electron chi connectivity index (χ3n) is 5.70. The maximum absolute atomic E-state index is 2.34. The van der Waals surface area contributed by atoms with Crippen LogP contribution in [0.1, 0.15) is 11.1 Å². The van der Waals surface area contributed by atoms with Gasteiger partial charge in [0.2, 0.25) is 0 Å². The van der Waals surface area contributed by atoms with Gasteiger partial charge in [0.05, 0.1) is 0 Å². The summed E-state index contributed by atoms with van der Waals surface area (Å²) in [6.07, 6.45) is 4.36. The smallest absolute Gasteiger partial charge is 0.0349 e. The molecule has 1 heteroatoms. The van der Waals surface area contributed by atoms with Crippen LogP contribution in [0.3, 0.4) is 0 Å². The van der Waals surface area contributed by atoms with E-state index in [-0.39, 0.29) is 0 Å².